The number of allylic oxidation sites excluding steroid dienone is 4. The molecular weight excluding hydrogens is 273 g/mol. The van der Waals surface area contributed by atoms with Gasteiger partial charge in [-0.1, -0.05) is 26.2 Å². The SMILES string of the molecule is CC\C(F)=C(/C=C(C)/C=C/[N+](=O)[O-])OCC1CCCCC1. The largest absolute Gasteiger partial charge is 0.491 e. The van der Waals surface area contributed by atoms with E-state index in [-0.39, 0.29) is 18.0 Å². The van der Waals surface area contributed by atoms with Crippen LogP contribution in [0.2, 0.25) is 0 Å². The van der Waals surface area contributed by atoms with Crippen LogP contribution < -0.4 is 0 Å². The molecule has 0 radical (unpaired) electrons. The number of hydrogen-bond acceptors (Lipinski definition) is 3. The van der Waals surface area contributed by atoms with Crippen molar-refractivity contribution in [2.75, 3.05) is 6.61 Å². The third-order valence-electron chi connectivity index (χ3n) is 3.59. The van der Waals surface area contributed by atoms with Gasteiger partial charge in [0.2, 0.25) is 6.20 Å². The second kappa shape index (κ2) is 9.32. The van der Waals surface area contributed by atoms with Crippen LogP contribution in [-0.2, 0) is 4.74 Å². The lowest BCUT2D eigenvalue weighted by molar-refractivity contribution is -0.402. The summed E-state index contributed by atoms with van der Waals surface area (Å²) < 4.78 is 19.5. The lowest BCUT2D eigenvalue weighted by Crippen LogP contribution is -2.13. The van der Waals surface area contributed by atoms with E-state index in [1.807, 2.05) is 0 Å². The van der Waals surface area contributed by atoms with Crippen molar-refractivity contribution in [3.05, 3.63) is 45.6 Å². The highest BCUT2D eigenvalue weighted by Gasteiger charge is 2.15. The van der Waals surface area contributed by atoms with Crippen LogP contribution in [0.5, 0.6) is 0 Å². The third kappa shape index (κ3) is 7.06. The number of ether oxygens (including phenoxy) is 1. The Morgan fingerprint density at radius 2 is 2.05 bits per heavy atom. The molecule has 0 aliphatic heterocycles. The van der Waals surface area contributed by atoms with Crippen molar-refractivity contribution in [1.29, 1.82) is 0 Å². The fourth-order valence-electron chi connectivity index (χ4n) is 2.37. The van der Waals surface area contributed by atoms with Crippen molar-refractivity contribution in [3.8, 4) is 0 Å². The van der Waals surface area contributed by atoms with Crippen LogP contribution in [0.1, 0.15) is 52.4 Å². The van der Waals surface area contributed by atoms with Gasteiger partial charge in [-0.05, 0) is 37.3 Å². The van der Waals surface area contributed by atoms with Crippen molar-refractivity contribution in [3.63, 3.8) is 0 Å². The highest BCUT2D eigenvalue weighted by molar-refractivity contribution is 5.26. The predicted octanol–water partition coefficient (Wildman–Crippen LogP) is 4.91. The normalized spacial score (nSPS) is 18.7. The Balaban J connectivity index is 2.68. The van der Waals surface area contributed by atoms with Crippen LogP contribution in [0.25, 0.3) is 0 Å². The number of nitro groups is 1. The standard InChI is InChI=1S/C16H24FNO3/c1-3-15(17)16(11-13(2)9-10-18(19)20)21-12-14-7-5-4-6-8-14/h9-11,14H,3-8,12H2,1-2H3/b10-9+,13-11+,16-15-. The molecule has 0 saturated heterocycles. The van der Waals surface area contributed by atoms with Gasteiger partial charge in [-0.15, -0.1) is 0 Å². The van der Waals surface area contributed by atoms with Crippen LogP contribution in [0.4, 0.5) is 4.39 Å². The molecule has 0 bridgehead atoms. The van der Waals surface area contributed by atoms with Gasteiger partial charge < -0.3 is 4.74 Å². The molecule has 0 atom stereocenters. The van der Waals surface area contributed by atoms with E-state index >= 15 is 0 Å². The molecule has 0 aromatic heterocycles. The molecule has 1 aliphatic rings. The van der Waals surface area contributed by atoms with Crippen molar-refractivity contribution in [2.45, 2.75) is 52.4 Å². The summed E-state index contributed by atoms with van der Waals surface area (Å²) in [5.41, 5.74) is 0.592. The summed E-state index contributed by atoms with van der Waals surface area (Å²) in [6.07, 6.45) is 9.92. The first-order valence-electron chi connectivity index (χ1n) is 7.54. The van der Waals surface area contributed by atoms with Crippen molar-refractivity contribution < 1.29 is 14.1 Å². The molecule has 0 aromatic carbocycles. The van der Waals surface area contributed by atoms with Gasteiger partial charge in [0.1, 0.15) is 5.83 Å². The third-order valence-corrected chi connectivity index (χ3v) is 3.59. The van der Waals surface area contributed by atoms with E-state index in [9.17, 15) is 14.5 Å². The fourth-order valence-corrected chi connectivity index (χ4v) is 2.37. The molecule has 0 spiro atoms. The molecule has 118 valence electrons. The van der Waals surface area contributed by atoms with Gasteiger partial charge in [-0.25, -0.2) is 4.39 Å². The first kappa shape index (κ1) is 17.4. The Morgan fingerprint density at radius 3 is 2.62 bits per heavy atom. The zero-order valence-electron chi connectivity index (χ0n) is 12.8. The Labute approximate surface area is 125 Å². The average molecular weight is 297 g/mol. The molecule has 5 heteroatoms. The lowest BCUT2D eigenvalue weighted by atomic mass is 9.90. The van der Waals surface area contributed by atoms with Gasteiger partial charge in [0, 0.05) is 12.5 Å². The second-order valence-corrected chi connectivity index (χ2v) is 5.43. The highest BCUT2D eigenvalue weighted by Crippen LogP contribution is 2.25. The lowest BCUT2D eigenvalue weighted by Gasteiger charge is -2.22. The highest BCUT2D eigenvalue weighted by atomic mass is 19.1. The van der Waals surface area contributed by atoms with Crippen LogP contribution in [-0.4, -0.2) is 11.5 Å². The zero-order valence-corrected chi connectivity index (χ0v) is 12.8. The summed E-state index contributed by atoms with van der Waals surface area (Å²) in [6, 6.07) is 0. The summed E-state index contributed by atoms with van der Waals surface area (Å²) >= 11 is 0. The van der Waals surface area contributed by atoms with Gasteiger partial charge in [-0.2, -0.15) is 0 Å². The van der Waals surface area contributed by atoms with E-state index < -0.39 is 4.92 Å². The van der Waals surface area contributed by atoms with Crippen molar-refractivity contribution >= 4 is 0 Å². The van der Waals surface area contributed by atoms with Crippen molar-refractivity contribution in [1.82, 2.24) is 0 Å². The van der Waals surface area contributed by atoms with E-state index in [1.54, 1.807) is 13.8 Å². The quantitative estimate of drug-likeness (QED) is 0.290. The zero-order chi connectivity index (χ0) is 15.7. The molecule has 21 heavy (non-hydrogen) atoms. The summed E-state index contributed by atoms with van der Waals surface area (Å²) in [5.74, 6) is 0.370. The summed E-state index contributed by atoms with van der Waals surface area (Å²) in [7, 11) is 0. The number of rotatable bonds is 7. The average Bonchev–Trinajstić information content (AvgIpc) is 2.49. The summed E-state index contributed by atoms with van der Waals surface area (Å²) in [5, 5.41) is 10.3. The molecule has 1 saturated carbocycles. The molecular formula is C16H24FNO3. The topological polar surface area (TPSA) is 52.4 Å². The Bertz CT molecular complexity index is 435. The number of halogens is 1. The van der Waals surface area contributed by atoms with Crippen LogP contribution in [0, 0.1) is 16.0 Å². The fraction of sp³-hybridized carbons (Fsp3) is 0.625. The minimum Gasteiger partial charge on any atom is -0.491 e. The Kier molecular flexibility index (Phi) is 7.72. The van der Waals surface area contributed by atoms with E-state index in [0.717, 1.165) is 19.0 Å². The van der Waals surface area contributed by atoms with E-state index in [0.29, 0.717) is 18.1 Å². The first-order chi connectivity index (χ1) is 10.0. The van der Waals surface area contributed by atoms with Gasteiger partial charge >= 0.3 is 0 Å². The second-order valence-electron chi connectivity index (χ2n) is 5.43. The van der Waals surface area contributed by atoms with Gasteiger partial charge in [0.15, 0.2) is 5.76 Å². The molecule has 1 rings (SSSR count). The van der Waals surface area contributed by atoms with E-state index in [2.05, 4.69) is 0 Å². The predicted molar refractivity (Wildman–Crippen MR) is 80.8 cm³/mol. The molecule has 0 unspecified atom stereocenters. The molecule has 4 nitrogen and oxygen atoms in total. The summed E-state index contributed by atoms with van der Waals surface area (Å²) in [4.78, 5) is 9.74. The maximum absolute atomic E-state index is 13.9. The van der Waals surface area contributed by atoms with E-state index in [4.69, 9.17) is 4.74 Å². The minimum absolute atomic E-state index is 0.202. The molecule has 1 fully saturated rings. The molecule has 0 aromatic rings. The first-order valence-corrected chi connectivity index (χ1v) is 7.54. The summed E-state index contributed by atoms with van der Waals surface area (Å²) in [6.45, 7) is 3.92. The van der Waals surface area contributed by atoms with Crippen LogP contribution in [0.3, 0.4) is 0 Å². The van der Waals surface area contributed by atoms with Gasteiger partial charge in [0.25, 0.3) is 0 Å². The molecule has 1 aliphatic carbocycles. The maximum Gasteiger partial charge on any atom is 0.234 e. The Hall–Kier alpha value is -1.65. The smallest absolute Gasteiger partial charge is 0.234 e. The monoisotopic (exact) mass is 297 g/mol. The molecule has 0 heterocycles. The molecule has 0 amide bonds. The van der Waals surface area contributed by atoms with Crippen LogP contribution in [0.15, 0.2) is 35.5 Å². The van der Waals surface area contributed by atoms with E-state index in [1.165, 1.54) is 31.4 Å². The van der Waals surface area contributed by atoms with Crippen molar-refractivity contribution in [2.24, 2.45) is 5.92 Å². The minimum atomic E-state index is -0.542. The number of hydrogen-bond donors (Lipinski definition) is 0. The van der Waals surface area contributed by atoms with Gasteiger partial charge in [0.05, 0.1) is 11.5 Å². The maximum atomic E-state index is 13.9. The van der Waals surface area contributed by atoms with Crippen LogP contribution >= 0.6 is 0 Å². The van der Waals surface area contributed by atoms with Gasteiger partial charge in [-0.3, -0.25) is 10.1 Å². The molecule has 0 N–H and O–H groups in total. The number of nitrogens with zero attached hydrogens (tertiary/aromatic N) is 1. The Morgan fingerprint density at radius 1 is 1.38 bits per heavy atom.